The number of nitrogens with zero attached hydrogens (tertiary/aromatic N) is 2. The van der Waals surface area contributed by atoms with Crippen LogP contribution in [0.5, 0.6) is 5.75 Å². The number of halogens is 1. The lowest BCUT2D eigenvalue weighted by Crippen LogP contribution is -2.47. The molecule has 0 bridgehead atoms. The van der Waals surface area contributed by atoms with Crippen LogP contribution in [-0.4, -0.2) is 54.4 Å². The summed E-state index contributed by atoms with van der Waals surface area (Å²) in [5.74, 6) is -0.558. The average molecular weight is 336 g/mol. The largest absolute Gasteiger partial charge is 0.490 e. The lowest BCUT2D eigenvalue weighted by Gasteiger charge is -2.34. The van der Waals surface area contributed by atoms with Crippen molar-refractivity contribution in [1.29, 1.82) is 0 Å². The van der Waals surface area contributed by atoms with E-state index in [1.54, 1.807) is 42.1 Å². The first-order valence-corrected chi connectivity index (χ1v) is 8.14. The van der Waals surface area contributed by atoms with Crippen LogP contribution in [0.1, 0.15) is 26.7 Å². The van der Waals surface area contributed by atoms with Crippen LogP contribution in [0, 0.1) is 11.7 Å². The molecule has 1 aliphatic heterocycles. The lowest BCUT2D eigenvalue weighted by molar-refractivity contribution is -0.136. The number of ether oxygens (including phenoxy) is 1. The van der Waals surface area contributed by atoms with Crippen LogP contribution in [0.2, 0.25) is 0 Å². The van der Waals surface area contributed by atoms with Crippen LogP contribution < -0.4 is 4.74 Å². The fourth-order valence-electron chi connectivity index (χ4n) is 2.93. The van der Waals surface area contributed by atoms with Crippen LogP contribution in [0.15, 0.2) is 24.3 Å². The summed E-state index contributed by atoms with van der Waals surface area (Å²) in [6.45, 7) is 4.65. The first-order valence-electron chi connectivity index (χ1n) is 8.14. The summed E-state index contributed by atoms with van der Waals surface area (Å²) in [5, 5.41) is 0. The normalized spacial score (nSPS) is 19.5. The van der Waals surface area contributed by atoms with Crippen molar-refractivity contribution in [3.05, 3.63) is 30.1 Å². The highest BCUT2D eigenvalue weighted by molar-refractivity contribution is 5.90. The Morgan fingerprint density at radius 3 is 2.67 bits per heavy atom. The Kier molecular flexibility index (Phi) is 5.47. The number of benzene rings is 1. The number of rotatable bonds is 6. The molecule has 0 saturated carbocycles. The minimum absolute atomic E-state index is 0.00497. The first kappa shape index (κ1) is 18.2. The number of hydrogen-bond acceptors (Lipinski definition) is 3. The topological polar surface area (TPSA) is 49.9 Å². The van der Waals surface area contributed by atoms with Gasteiger partial charge in [-0.3, -0.25) is 9.59 Å². The van der Waals surface area contributed by atoms with E-state index in [9.17, 15) is 14.0 Å². The molecule has 1 saturated heterocycles. The van der Waals surface area contributed by atoms with E-state index in [0.29, 0.717) is 19.6 Å². The van der Waals surface area contributed by atoms with Crippen molar-refractivity contribution in [2.45, 2.75) is 32.2 Å². The molecular formula is C18H25FN2O3. The van der Waals surface area contributed by atoms with Crippen LogP contribution in [0.25, 0.3) is 0 Å². The molecule has 2 amide bonds. The summed E-state index contributed by atoms with van der Waals surface area (Å²) in [6.07, 6.45) is 0.839. The highest BCUT2D eigenvalue weighted by atomic mass is 19.1. The number of para-hydroxylation sites is 1. The Morgan fingerprint density at radius 2 is 2.08 bits per heavy atom. The summed E-state index contributed by atoms with van der Waals surface area (Å²) in [6, 6.07) is 6.24. The minimum Gasteiger partial charge on any atom is -0.490 e. The van der Waals surface area contributed by atoms with E-state index in [0.717, 1.165) is 0 Å². The quantitative estimate of drug-likeness (QED) is 0.749. The molecule has 2 rings (SSSR count). The zero-order valence-electron chi connectivity index (χ0n) is 14.7. The fourth-order valence-corrected chi connectivity index (χ4v) is 2.93. The average Bonchev–Trinajstić information content (AvgIpc) is 2.75. The van der Waals surface area contributed by atoms with Crippen molar-refractivity contribution in [2.24, 2.45) is 5.92 Å². The number of carbonyl (C=O) groups is 2. The standard InChI is InChI=1S/C18H25FN2O3/c1-18(2)13(12-16(22)21(18)4)17(23)20(3)10-7-11-24-15-9-6-5-8-14(15)19/h5-6,8-9,13H,7,10-12H2,1-4H3. The Labute approximate surface area is 142 Å². The smallest absolute Gasteiger partial charge is 0.228 e. The Balaban J connectivity index is 1.82. The second-order valence-electron chi connectivity index (χ2n) is 6.76. The molecule has 1 aromatic rings. The van der Waals surface area contributed by atoms with Crippen molar-refractivity contribution in [2.75, 3.05) is 27.2 Å². The third kappa shape index (κ3) is 3.68. The van der Waals surface area contributed by atoms with Crippen molar-refractivity contribution in [3.8, 4) is 5.75 Å². The molecule has 132 valence electrons. The van der Waals surface area contributed by atoms with Gasteiger partial charge < -0.3 is 14.5 Å². The lowest BCUT2D eigenvalue weighted by atomic mass is 9.87. The molecule has 0 aliphatic carbocycles. The summed E-state index contributed by atoms with van der Waals surface area (Å²) in [4.78, 5) is 27.8. The van der Waals surface area contributed by atoms with Crippen molar-refractivity contribution in [1.82, 2.24) is 9.80 Å². The molecule has 24 heavy (non-hydrogen) atoms. The molecule has 0 aromatic heterocycles. The molecule has 1 unspecified atom stereocenters. The third-order valence-corrected chi connectivity index (χ3v) is 4.88. The fraction of sp³-hybridized carbons (Fsp3) is 0.556. The SMILES string of the molecule is CN(CCCOc1ccccc1F)C(=O)C1CC(=O)N(C)C1(C)C. The molecule has 0 radical (unpaired) electrons. The van der Waals surface area contributed by atoms with Gasteiger partial charge in [-0.05, 0) is 32.4 Å². The zero-order valence-corrected chi connectivity index (χ0v) is 14.7. The Bertz CT molecular complexity index is 618. The van der Waals surface area contributed by atoms with Gasteiger partial charge in [-0.1, -0.05) is 12.1 Å². The maximum Gasteiger partial charge on any atom is 0.228 e. The number of amides is 2. The van der Waals surface area contributed by atoms with E-state index in [-0.39, 0.29) is 29.9 Å². The van der Waals surface area contributed by atoms with Crippen LogP contribution in [0.3, 0.4) is 0 Å². The predicted molar refractivity (Wildman–Crippen MR) is 89.1 cm³/mol. The van der Waals surface area contributed by atoms with Gasteiger partial charge in [0, 0.05) is 32.6 Å². The summed E-state index contributed by atoms with van der Waals surface area (Å²) < 4.78 is 18.8. The van der Waals surface area contributed by atoms with E-state index < -0.39 is 11.4 Å². The molecule has 1 fully saturated rings. The van der Waals surface area contributed by atoms with E-state index in [1.807, 2.05) is 13.8 Å². The number of carbonyl (C=O) groups excluding carboxylic acids is 2. The van der Waals surface area contributed by atoms with Gasteiger partial charge in [0.05, 0.1) is 12.5 Å². The molecular weight excluding hydrogens is 311 g/mol. The van der Waals surface area contributed by atoms with Gasteiger partial charge >= 0.3 is 0 Å². The van der Waals surface area contributed by atoms with Gasteiger partial charge in [-0.2, -0.15) is 0 Å². The molecule has 6 heteroatoms. The molecule has 1 aliphatic rings. The number of likely N-dealkylation sites (tertiary alicyclic amines) is 1. The van der Waals surface area contributed by atoms with Gasteiger partial charge in [-0.15, -0.1) is 0 Å². The third-order valence-electron chi connectivity index (χ3n) is 4.88. The monoisotopic (exact) mass is 336 g/mol. The minimum atomic E-state index is -0.480. The summed E-state index contributed by atoms with van der Waals surface area (Å²) >= 11 is 0. The number of hydrogen-bond donors (Lipinski definition) is 0. The van der Waals surface area contributed by atoms with E-state index >= 15 is 0 Å². The zero-order chi connectivity index (χ0) is 17.9. The summed E-state index contributed by atoms with van der Waals surface area (Å²) in [5.41, 5.74) is -0.480. The van der Waals surface area contributed by atoms with Crippen molar-refractivity contribution in [3.63, 3.8) is 0 Å². The predicted octanol–water partition coefficient (Wildman–Crippen LogP) is 2.31. The molecule has 0 N–H and O–H groups in total. The molecule has 1 aromatic carbocycles. The van der Waals surface area contributed by atoms with Crippen molar-refractivity contribution < 1.29 is 18.7 Å². The van der Waals surface area contributed by atoms with Gasteiger partial charge in [0.25, 0.3) is 0 Å². The second kappa shape index (κ2) is 7.20. The van der Waals surface area contributed by atoms with Crippen LogP contribution in [-0.2, 0) is 9.59 Å². The van der Waals surface area contributed by atoms with Gasteiger partial charge in [-0.25, -0.2) is 4.39 Å². The second-order valence-corrected chi connectivity index (χ2v) is 6.76. The van der Waals surface area contributed by atoms with Crippen LogP contribution in [0.4, 0.5) is 4.39 Å². The molecule has 1 heterocycles. The van der Waals surface area contributed by atoms with Crippen LogP contribution >= 0.6 is 0 Å². The Hall–Kier alpha value is -2.11. The highest BCUT2D eigenvalue weighted by Gasteiger charge is 2.48. The van der Waals surface area contributed by atoms with Gasteiger partial charge in [0.2, 0.25) is 11.8 Å². The Morgan fingerprint density at radius 1 is 1.42 bits per heavy atom. The van der Waals surface area contributed by atoms with E-state index in [1.165, 1.54) is 6.07 Å². The molecule has 1 atom stereocenters. The maximum atomic E-state index is 13.4. The first-order chi connectivity index (χ1) is 11.2. The van der Waals surface area contributed by atoms with E-state index in [4.69, 9.17) is 4.74 Å². The molecule has 0 spiro atoms. The highest BCUT2D eigenvalue weighted by Crippen LogP contribution is 2.35. The molecule has 5 nitrogen and oxygen atoms in total. The van der Waals surface area contributed by atoms with Gasteiger partial charge in [0.1, 0.15) is 0 Å². The van der Waals surface area contributed by atoms with Gasteiger partial charge in [0.15, 0.2) is 11.6 Å². The van der Waals surface area contributed by atoms with E-state index in [2.05, 4.69) is 0 Å². The summed E-state index contributed by atoms with van der Waals surface area (Å²) in [7, 11) is 3.46. The maximum absolute atomic E-state index is 13.4. The van der Waals surface area contributed by atoms with Crippen molar-refractivity contribution >= 4 is 11.8 Å².